The Morgan fingerprint density at radius 2 is 2.60 bits per heavy atom. The number of aromatic nitrogens is 2. The van der Waals surface area contributed by atoms with Crippen LogP contribution in [0.25, 0.3) is 0 Å². The number of ether oxygens (including phenoxy) is 1. The fraction of sp³-hybridized carbons (Fsp3) is 0.727. The van der Waals surface area contributed by atoms with Gasteiger partial charge in [0.15, 0.2) is 0 Å². The second kappa shape index (κ2) is 5.28. The van der Waals surface area contributed by atoms with Crippen LogP contribution in [-0.4, -0.2) is 35.6 Å². The molecular formula is C11H19N3O. The molecule has 2 unspecified atom stereocenters. The van der Waals surface area contributed by atoms with Gasteiger partial charge in [-0.3, -0.25) is 4.68 Å². The molecule has 0 radical (unpaired) electrons. The predicted molar refractivity (Wildman–Crippen MR) is 58.6 cm³/mol. The maximum Gasteiger partial charge on any atom is 0.0534 e. The quantitative estimate of drug-likeness (QED) is 0.783. The summed E-state index contributed by atoms with van der Waals surface area (Å²) in [5.74, 6) is 0.683. The van der Waals surface area contributed by atoms with Gasteiger partial charge in [0.05, 0.1) is 13.2 Å². The van der Waals surface area contributed by atoms with E-state index in [1.165, 1.54) is 6.42 Å². The van der Waals surface area contributed by atoms with Crippen LogP contribution in [0.2, 0.25) is 0 Å². The van der Waals surface area contributed by atoms with Gasteiger partial charge < -0.3 is 10.1 Å². The molecule has 0 amide bonds. The summed E-state index contributed by atoms with van der Waals surface area (Å²) < 4.78 is 7.32. The molecule has 2 rings (SSSR count). The lowest BCUT2D eigenvalue weighted by atomic mass is 10.0. The molecule has 15 heavy (non-hydrogen) atoms. The van der Waals surface area contributed by atoms with E-state index >= 15 is 0 Å². The van der Waals surface area contributed by atoms with Crippen LogP contribution in [0.4, 0.5) is 0 Å². The lowest BCUT2D eigenvalue weighted by Crippen LogP contribution is -2.35. The largest absolute Gasteiger partial charge is 0.381 e. The molecule has 4 heteroatoms. The molecule has 1 saturated heterocycles. The van der Waals surface area contributed by atoms with Crippen molar-refractivity contribution in [3.05, 3.63) is 18.5 Å². The van der Waals surface area contributed by atoms with Crippen LogP contribution >= 0.6 is 0 Å². The van der Waals surface area contributed by atoms with E-state index in [4.69, 9.17) is 4.74 Å². The van der Waals surface area contributed by atoms with Crippen molar-refractivity contribution >= 4 is 0 Å². The van der Waals surface area contributed by atoms with Crippen molar-refractivity contribution in [3.63, 3.8) is 0 Å². The Labute approximate surface area is 90.6 Å². The van der Waals surface area contributed by atoms with Crippen molar-refractivity contribution in [2.24, 2.45) is 5.92 Å². The van der Waals surface area contributed by atoms with Gasteiger partial charge in [0.25, 0.3) is 0 Å². The van der Waals surface area contributed by atoms with Gasteiger partial charge in [-0.2, -0.15) is 5.10 Å². The Bertz CT molecular complexity index is 267. The Morgan fingerprint density at radius 3 is 3.27 bits per heavy atom. The number of hydrogen-bond acceptors (Lipinski definition) is 3. The van der Waals surface area contributed by atoms with Gasteiger partial charge in [0.2, 0.25) is 0 Å². The summed E-state index contributed by atoms with van der Waals surface area (Å²) in [6, 6.07) is 2.50. The Hall–Kier alpha value is -0.870. The highest BCUT2D eigenvalue weighted by Gasteiger charge is 2.21. The van der Waals surface area contributed by atoms with Crippen molar-refractivity contribution in [2.75, 3.05) is 19.8 Å². The SMILES string of the molecule is CC(NCCn1cccn1)C1CCOC1. The lowest BCUT2D eigenvalue weighted by Gasteiger charge is -2.19. The van der Waals surface area contributed by atoms with Crippen molar-refractivity contribution in [3.8, 4) is 0 Å². The number of nitrogens with one attached hydrogen (secondary N) is 1. The van der Waals surface area contributed by atoms with E-state index in [0.717, 1.165) is 26.3 Å². The summed E-state index contributed by atoms with van der Waals surface area (Å²) in [7, 11) is 0. The molecule has 1 aromatic heterocycles. The van der Waals surface area contributed by atoms with E-state index < -0.39 is 0 Å². The topological polar surface area (TPSA) is 39.1 Å². The van der Waals surface area contributed by atoms with E-state index in [0.29, 0.717) is 12.0 Å². The predicted octanol–water partition coefficient (Wildman–Crippen LogP) is 0.898. The summed E-state index contributed by atoms with van der Waals surface area (Å²) in [6.45, 7) is 5.98. The van der Waals surface area contributed by atoms with Gasteiger partial charge in [-0.15, -0.1) is 0 Å². The van der Waals surface area contributed by atoms with Crippen molar-refractivity contribution in [1.82, 2.24) is 15.1 Å². The van der Waals surface area contributed by atoms with Gasteiger partial charge in [-0.1, -0.05) is 0 Å². The highest BCUT2D eigenvalue weighted by molar-refractivity contribution is 4.79. The Balaban J connectivity index is 1.64. The van der Waals surface area contributed by atoms with Gasteiger partial charge in [0, 0.05) is 31.6 Å². The molecule has 1 aliphatic rings. The summed E-state index contributed by atoms with van der Waals surface area (Å²) in [5, 5.41) is 7.68. The van der Waals surface area contributed by atoms with Gasteiger partial charge in [-0.25, -0.2) is 0 Å². The summed E-state index contributed by atoms with van der Waals surface area (Å²) in [4.78, 5) is 0. The zero-order chi connectivity index (χ0) is 10.5. The fourth-order valence-corrected chi connectivity index (χ4v) is 1.95. The van der Waals surface area contributed by atoms with Gasteiger partial charge in [0.1, 0.15) is 0 Å². The average Bonchev–Trinajstić information content (AvgIpc) is 2.90. The molecule has 2 heterocycles. The highest BCUT2D eigenvalue weighted by atomic mass is 16.5. The molecule has 0 aromatic carbocycles. The Kier molecular flexibility index (Phi) is 3.75. The molecule has 1 aliphatic heterocycles. The first-order chi connectivity index (χ1) is 7.36. The standard InChI is InChI=1S/C11H19N3O/c1-10(11-3-8-15-9-11)12-5-7-14-6-2-4-13-14/h2,4,6,10-12H,3,5,7-9H2,1H3. The van der Waals surface area contributed by atoms with E-state index in [2.05, 4.69) is 17.3 Å². The van der Waals surface area contributed by atoms with Gasteiger partial charge >= 0.3 is 0 Å². The first-order valence-electron chi connectivity index (χ1n) is 5.65. The molecule has 0 spiro atoms. The molecule has 0 aliphatic carbocycles. The van der Waals surface area contributed by atoms with Crippen molar-refractivity contribution < 1.29 is 4.74 Å². The molecule has 84 valence electrons. The summed E-state index contributed by atoms with van der Waals surface area (Å²) in [5.41, 5.74) is 0. The zero-order valence-electron chi connectivity index (χ0n) is 9.22. The van der Waals surface area contributed by atoms with Crippen LogP contribution in [0.15, 0.2) is 18.5 Å². The van der Waals surface area contributed by atoms with Gasteiger partial charge in [-0.05, 0) is 25.3 Å². The molecule has 1 aromatic rings. The number of nitrogens with zero attached hydrogens (tertiary/aromatic N) is 2. The second-order valence-electron chi connectivity index (χ2n) is 4.14. The third kappa shape index (κ3) is 3.04. The lowest BCUT2D eigenvalue weighted by molar-refractivity contribution is 0.178. The van der Waals surface area contributed by atoms with Crippen LogP contribution in [0, 0.1) is 5.92 Å². The summed E-state index contributed by atoms with van der Waals surface area (Å²) >= 11 is 0. The van der Waals surface area contributed by atoms with Crippen molar-refractivity contribution in [1.29, 1.82) is 0 Å². The van der Waals surface area contributed by atoms with Crippen LogP contribution < -0.4 is 5.32 Å². The third-order valence-corrected chi connectivity index (χ3v) is 3.04. The Morgan fingerprint density at radius 1 is 1.67 bits per heavy atom. The third-order valence-electron chi connectivity index (χ3n) is 3.04. The molecule has 2 atom stereocenters. The van der Waals surface area contributed by atoms with Crippen LogP contribution in [0.3, 0.4) is 0 Å². The minimum Gasteiger partial charge on any atom is -0.381 e. The average molecular weight is 209 g/mol. The molecule has 1 fully saturated rings. The van der Waals surface area contributed by atoms with Crippen LogP contribution in [0.5, 0.6) is 0 Å². The molecule has 1 N–H and O–H groups in total. The fourth-order valence-electron chi connectivity index (χ4n) is 1.95. The number of hydrogen-bond donors (Lipinski definition) is 1. The maximum absolute atomic E-state index is 5.37. The first kappa shape index (κ1) is 10.6. The van der Waals surface area contributed by atoms with E-state index in [1.54, 1.807) is 0 Å². The molecule has 0 saturated carbocycles. The molecule has 4 nitrogen and oxygen atoms in total. The number of rotatable bonds is 5. The first-order valence-corrected chi connectivity index (χ1v) is 5.65. The minimum atomic E-state index is 0.545. The summed E-state index contributed by atoms with van der Waals surface area (Å²) in [6.07, 6.45) is 5.00. The maximum atomic E-state index is 5.37. The van der Waals surface area contributed by atoms with Crippen molar-refractivity contribution in [2.45, 2.75) is 25.9 Å². The highest BCUT2D eigenvalue weighted by Crippen LogP contribution is 2.15. The smallest absolute Gasteiger partial charge is 0.0534 e. The minimum absolute atomic E-state index is 0.545. The van der Waals surface area contributed by atoms with Crippen LogP contribution in [0.1, 0.15) is 13.3 Å². The van der Waals surface area contributed by atoms with E-state index in [-0.39, 0.29) is 0 Å². The zero-order valence-corrected chi connectivity index (χ0v) is 9.22. The second-order valence-corrected chi connectivity index (χ2v) is 4.14. The monoisotopic (exact) mass is 209 g/mol. The van der Waals surface area contributed by atoms with Crippen LogP contribution in [-0.2, 0) is 11.3 Å². The normalized spacial score (nSPS) is 23.1. The molecule has 0 bridgehead atoms. The van der Waals surface area contributed by atoms with E-state index in [1.807, 2.05) is 23.1 Å². The molecular weight excluding hydrogens is 190 g/mol. The van der Waals surface area contributed by atoms with E-state index in [9.17, 15) is 0 Å².